The van der Waals surface area contributed by atoms with E-state index in [0.717, 1.165) is 22.3 Å². The van der Waals surface area contributed by atoms with Crippen molar-refractivity contribution in [1.82, 2.24) is 5.32 Å². The molecule has 6 nitrogen and oxygen atoms in total. The molecule has 0 unspecified atom stereocenters. The summed E-state index contributed by atoms with van der Waals surface area (Å²) in [6.07, 6.45) is -1.45. The van der Waals surface area contributed by atoms with Crippen LogP contribution in [0.1, 0.15) is 44.7 Å². The van der Waals surface area contributed by atoms with Gasteiger partial charge in [-0.3, -0.25) is 0 Å². The molecule has 0 spiro atoms. The molecule has 32 heavy (non-hydrogen) atoms. The normalized spacial score (nSPS) is 15.4. The van der Waals surface area contributed by atoms with Crippen molar-refractivity contribution in [3.8, 4) is 11.1 Å². The highest BCUT2D eigenvalue weighted by Gasteiger charge is 2.41. The van der Waals surface area contributed by atoms with Crippen LogP contribution in [0.5, 0.6) is 0 Å². The Bertz CT molecular complexity index is 952. The fourth-order valence-electron chi connectivity index (χ4n) is 3.86. The first-order chi connectivity index (χ1) is 14.9. The van der Waals surface area contributed by atoms with Crippen LogP contribution in [-0.2, 0) is 14.0 Å². The molecule has 2 aromatic rings. The molecule has 172 valence electrons. The van der Waals surface area contributed by atoms with Crippen LogP contribution in [0, 0.1) is 0 Å². The average Bonchev–Trinajstić information content (AvgIpc) is 3.03. The lowest BCUT2D eigenvalue weighted by Gasteiger charge is -2.39. The van der Waals surface area contributed by atoms with Crippen LogP contribution < -0.4 is 5.32 Å². The number of aliphatic carboxylic acids is 1. The van der Waals surface area contributed by atoms with Gasteiger partial charge in [0.1, 0.15) is 6.61 Å². The standard InChI is InChI=1S/C25H33NO5Si/c1-16(31-32(5,6)25(2,3)4)22(23(27)28)26-24(29)30-15-21-19-13-9-7-11-17(19)18-12-8-10-14-20(18)21/h7-14,16,21-22H,15H2,1-6H3,(H,26,29)(H,27,28)/t16-,22+/m1/s1. The van der Waals surface area contributed by atoms with E-state index in [1.165, 1.54) is 0 Å². The quantitative estimate of drug-likeness (QED) is 0.547. The molecular formula is C25H33NO5Si. The van der Waals surface area contributed by atoms with Gasteiger partial charge in [0.2, 0.25) is 0 Å². The highest BCUT2D eigenvalue weighted by Crippen LogP contribution is 2.44. The first-order valence-corrected chi connectivity index (χ1v) is 13.9. The molecule has 1 aliphatic carbocycles. The van der Waals surface area contributed by atoms with E-state index < -0.39 is 32.5 Å². The Morgan fingerprint density at radius 3 is 2.00 bits per heavy atom. The number of rotatable bonds is 7. The fraction of sp³-hybridized carbons (Fsp3) is 0.440. The number of carboxylic acid groups (broad SMARTS) is 1. The number of carbonyl (C=O) groups is 2. The molecule has 0 fully saturated rings. The van der Waals surface area contributed by atoms with E-state index in [0.29, 0.717) is 0 Å². The maximum Gasteiger partial charge on any atom is 0.407 e. The molecule has 0 saturated heterocycles. The SMILES string of the molecule is C[C@@H](O[Si](C)(C)C(C)(C)C)[C@H](NC(=O)OCC1c2ccccc2-c2ccccc21)C(=O)O. The van der Waals surface area contributed by atoms with Gasteiger partial charge in [-0.2, -0.15) is 0 Å². The second-order valence-electron chi connectivity index (χ2n) is 9.87. The number of nitrogens with one attached hydrogen (secondary N) is 1. The number of amides is 1. The average molecular weight is 456 g/mol. The van der Waals surface area contributed by atoms with Gasteiger partial charge in [0.25, 0.3) is 0 Å². The Balaban J connectivity index is 1.68. The van der Waals surface area contributed by atoms with Crippen molar-refractivity contribution in [2.24, 2.45) is 0 Å². The third-order valence-electron chi connectivity index (χ3n) is 6.64. The molecule has 0 bridgehead atoms. The molecule has 0 aliphatic heterocycles. The molecule has 0 radical (unpaired) electrons. The molecule has 1 amide bonds. The highest BCUT2D eigenvalue weighted by molar-refractivity contribution is 6.74. The number of hydrogen-bond donors (Lipinski definition) is 2. The third kappa shape index (κ3) is 4.89. The first kappa shape index (κ1) is 24.0. The van der Waals surface area contributed by atoms with Crippen molar-refractivity contribution < 1.29 is 23.9 Å². The van der Waals surface area contributed by atoms with Crippen LogP contribution in [0.3, 0.4) is 0 Å². The van der Waals surface area contributed by atoms with Crippen molar-refractivity contribution in [1.29, 1.82) is 0 Å². The zero-order valence-electron chi connectivity index (χ0n) is 19.6. The molecule has 2 N–H and O–H groups in total. The van der Waals surface area contributed by atoms with Gasteiger partial charge in [-0.25, -0.2) is 9.59 Å². The van der Waals surface area contributed by atoms with Crippen molar-refractivity contribution >= 4 is 20.4 Å². The lowest BCUT2D eigenvalue weighted by Crippen LogP contribution is -2.54. The van der Waals surface area contributed by atoms with Gasteiger partial charge in [-0.15, -0.1) is 0 Å². The van der Waals surface area contributed by atoms with E-state index in [4.69, 9.17) is 9.16 Å². The van der Waals surface area contributed by atoms with Crippen LogP contribution in [0.25, 0.3) is 11.1 Å². The summed E-state index contributed by atoms with van der Waals surface area (Å²) in [5, 5.41) is 12.1. The van der Waals surface area contributed by atoms with Crippen LogP contribution in [0.2, 0.25) is 18.1 Å². The number of ether oxygens (including phenoxy) is 1. The molecule has 7 heteroatoms. The number of alkyl carbamates (subject to hydrolysis) is 1. The van der Waals surface area contributed by atoms with Crippen molar-refractivity contribution in [3.63, 3.8) is 0 Å². The van der Waals surface area contributed by atoms with Gasteiger partial charge in [0, 0.05) is 5.92 Å². The van der Waals surface area contributed by atoms with Crippen LogP contribution in [-0.4, -0.2) is 44.2 Å². The van der Waals surface area contributed by atoms with E-state index in [2.05, 4.69) is 51.3 Å². The van der Waals surface area contributed by atoms with E-state index in [-0.39, 0.29) is 17.6 Å². The smallest absolute Gasteiger partial charge is 0.407 e. The summed E-state index contributed by atoms with van der Waals surface area (Å²) in [7, 11) is -2.20. The first-order valence-electron chi connectivity index (χ1n) is 10.9. The summed E-state index contributed by atoms with van der Waals surface area (Å²) in [6.45, 7) is 12.2. The van der Waals surface area contributed by atoms with Gasteiger partial charge >= 0.3 is 12.1 Å². The zero-order valence-corrected chi connectivity index (χ0v) is 20.6. The summed E-state index contributed by atoms with van der Waals surface area (Å²) < 4.78 is 11.7. The Morgan fingerprint density at radius 2 is 1.53 bits per heavy atom. The van der Waals surface area contributed by atoms with Crippen LogP contribution in [0.4, 0.5) is 4.79 Å². The molecule has 2 aromatic carbocycles. The lowest BCUT2D eigenvalue weighted by atomic mass is 9.98. The molecule has 3 rings (SSSR count). The zero-order chi connectivity index (χ0) is 23.7. The summed E-state index contributed by atoms with van der Waals surface area (Å²) in [5.41, 5.74) is 4.48. The van der Waals surface area contributed by atoms with Gasteiger partial charge in [-0.1, -0.05) is 69.3 Å². The summed E-state index contributed by atoms with van der Waals surface area (Å²) >= 11 is 0. The molecule has 0 saturated carbocycles. The number of fused-ring (bicyclic) bond motifs is 3. The molecule has 0 heterocycles. The lowest BCUT2D eigenvalue weighted by molar-refractivity contribution is -0.141. The van der Waals surface area contributed by atoms with Gasteiger partial charge < -0.3 is 19.6 Å². The second-order valence-corrected chi connectivity index (χ2v) is 14.6. The molecular weight excluding hydrogens is 422 g/mol. The van der Waals surface area contributed by atoms with Crippen molar-refractivity contribution in [3.05, 3.63) is 59.7 Å². The Morgan fingerprint density at radius 1 is 1.03 bits per heavy atom. The molecule has 2 atom stereocenters. The number of carbonyl (C=O) groups excluding carboxylic acids is 1. The van der Waals surface area contributed by atoms with Crippen molar-refractivity contribution in [2.45, 2.75) is 63.9 Å². The predicted molar refractivity (Wildman–Crippen MR) is 127 cm³/mol. The van der Waals surface area contributed by atoms with E-state index in [1.807, 2.05) is 36.4 Å². The Labute approximate surface area is 191 Å². The van der Waals surface area contributed by atoms with Gasteiger partial charge in [-0.05, 0) is 47.3 Å². The maximum atomic E-state index is 12.6. The van der Waals surface area contributed by atoms with Gasteiger partial charge in [0.05, 0.1) is 6.10 Å². The highest BCUT2D eigenvalue weighted by atomic mass is 28.4. The minimum absolute atomic E-state index is 0.0753. The summed E-state index contributed by atoms with van der Waals surface area (Å²) in [4.78, 5) is 24.4. The van der Waals surface area contributed by atoms with E-state index in [9.17, 15) is 14.7 Å². The van der Waals surface area contributed by atoms with E-state index >= 15 is 0 Å². The van der Waals surface area contributed by atoms with Gasteiger partial charge in [0.15, 0.2) is 14.4 Å². The second kappa shape index (κ2) is 9.08. The predicted octanol–water partition coefficient (Wildman–Crippen LogP) is 5.39. The Kier molecular flexibility index (Phi) is 6.81. The van der Waals surface area contributed by atoms with Crippen molar-refractivity contribution in [2.75, 3.05) is 6.61 Å². The fourth-order valence-corrected chi connectivity index (χ4v) is 5.28. The van der Waals surface area contributed by atoms with E-state index in [1.54, 1.807) is 6.92 Å². The number of benzene rings is 2. The number of hydrogen-bond acceptors (Lipinski definition) is 4. The minimum atomic E-state index is -2.20. The monoisotopic (exact) mass is 455 g/mol. The Hall–Kier alpha value is -2.64. The maximum absolute atomic E-state index is 12.6. The van der Waals surface area contributed by atoms with Crippen LogP contribution in [0.15, 0.2) is 48.5 Å². The molecule has 1 aliphatic rings. The number of carboxylic acids is 1. The summed E-state index contributed by atoms with van der Waals surface area (Å²) in [5.74, 6) is -1.23. The summed E-state index contributed by atoms with van der Waals surface area (Å²) in [6, 6.07) is 14.9. The molecule has 0 aromatic heterocycles. The third-order valence-corrected chi connectivity index (χ3v) is 11.2. The minimum Gasteiger partial charge on any atom is -0.480 e. The largest absolute Gasteiger partial charge is 0.480 e. The van der Waals surface area contributed by atoms with Crippen LogP contribution >= 0.6 is 0 Å². The topological polar surface area (TPSA) is 84.9 Å².